The summed E-state index contributed by atoms with van der Waals surface area (Å²) >= 11 is 1.29. The molecule has 0 saturated carbocycles. The van der Waals surface area contributed by atoms with Crippen molar-refractivity contribution in [2.75, 3.05) is 33.2 Å². The van der Waals surface area contributed by atoms with Crippen molar-refractivity contribution in [3.8, 4) is 28.8 Å². The largest absolute Gasteiger partial charge is 0.493 e. The monoisotopic (exact) mass is 403 g/mol. The lowest BCUT2D eigenvalue weighted by Crippen LogP contribution is -2.26. The molecule has 0 radical (unpaired) electrons. The molecule has 2 aromatic rings. The molecule has 28 heavy (non-hydrogen) atoms. The van der Waals surface area contributed by atoms with Gasteiger partial charge in [-0.3, -0.25) is 4.79 Å². The van der Waals surface area contributed by atoms with Crippen molar-refractivity contribution in [2.24, 2.45) is 0 Å². The number of nitrogens with zero attached hydrogens (tertiary/aromatic N) is 2. The second kappa shape index (κ2) is 9.59. The fourth-order valence-corrected chi connectivity index (χ4v) is 3.14. The number of rotatable bonds is 7. The van der Waals surface area contributed by atoms with E-state index in [4.69, 9.17) is 18.9 Å². The normalized spacial score (nSPS) is 14.5. The summed E-state index contributed by atoms with van der Waals surface area (Å²) in [5, 5.41) is 9.81. The van der Waals surface area contributed by atoms with E-state index in [1.54, 1.807) is 31.6 Å². The molecule has 1 aliphatic heterocycles. The van der Waals surface area contributed by atoms with Crippen molar-refractivity contribution in [1.29, 1.82) is 5.26 Å². The minimum atomic E-state index is -0.471. The molecule has 8 nitrogen and oxygen atoms in total. The molecule has 0 bridgehead atoms. The number of benzene rings is 1. The van der Waals surface area contributed by atoms with Crippen molar-refractivity contribution in [3.05, 3.63) is 34.1 Å². The molecule has 1 aliphatic rings. The topological polar surface area (TPSA) is 106 Å². The van der Waals surface area contributed by atoms with Crippen LogP contribution in [-0.2, 0) is 9.47 Å². The van der Waals surface area contributed by atoms with Crippen molar-refractivity contribution in [2.45, 2.75) is 24.3 Å². The van der Waals surface area contributed by atoms with Gasteiger partial charge in [-0.25, -0.2) is 4.98 Å². The first-order valence-corrected chi connectivity index (χ1v) is 10.0. The number of H-pyrrole nitrogens is 1. The highest BCUT2D eigenvalue weighted by Gasteiger charge is 2.17. The zero-order chi connectivity index (χ0) is 19.9. The van der Waals surface area contributed by atoms with Gasteiger partial charge in [0.05, 0.1) is 32.6 Å². The number of thioether (sulfide) groups is 1. The summed E-state index contributed by atoms with van der Waals surface area (Å²) in [4.78, 5) is 19.1. The predicted molar refractivity (Wildman–Crippen MR) is 104 cm³/mol. The Bertz CT molecular complexity index is 919. The van der Waals surface area contributed by atoms with E-state index in [0.717, 1.165) is 6.42 Å². The first kappa shape index (κ1) is 20.2. The molecule has 0 aliphatic carbocycles. The van der Waals surface area contributed by atoms with Crippen LogP contribution >= 0.6 is 11.8 Å². The molecule has 148 valence electrons. The first-order chi connectivity index (χ1) is 13.7. The van der Waals surface area contributed by atoms with Gasteiger partial charge in [-0.05, 0) is 30.9 Å². The Morgan fingerprint density at radius 2 is 2.14 bits per heavy atom. The number of aromatic amines is 1. The van der Waals surface area contributed by atoms with E-state index in [2.05, 4.69) is 9.97 Å². The van der Waals surface area contributed by atoms with E-state index in [-0.39, 0.29) is 11.9 Å². The summed E-state index contributed by atoms with van der Waals surface area (Å²) in [5.74, 6) is 1.04. The van der Waals surface area contributed by atoms with Gasteiger partial charge in [0.2, 0.25) is 0 Å². The van der Waals surface area contributed by atoms with E-state index in [9.17, 15) is 10.1 Å². The second-order valence-electron chi connectivity index (χ2n) is 5.94. The SMILES string of the molecule is COc1ccc(-c2nc(SC)[nH]c(=O)c2C#N)cc1OCCC1OCCCO1. The molecule has 0 unspecified atom stereocenters. The second-order valence-corrected chi connectivity index (χ2v) is 6.73. The van der Waals surface area contributed by atoms with E-state index in [0.29, 0.717) is 54.2 Å². The average molecular weight is 403 g/mol. The van der Waals surface area contributed by atoms with Crippen molar-refractivity contribution >= 4 is 11.8 Å². The molecule has 1 aromatic carbocycles. The lowest BCUT2D eigenvalue weighted by atomic mass is 10.1. The van der Waals surface area contributed by atoms with Crippen LogP contribution in [0.2, 0.25) is 0 Å². The van der Waals surface area contributed by atoms with Gasteiger partial charge in [0.1, 0.15) is 11.6 Å². The minimum absolute atomic E-state index is 0.0436. The maximum atomic E-state index is 12.2. The Balaban J connectivity index is 1.85. The molecule has 2 heterocycles. The minimum Gasteiger partial charge on any atom is -0.493 e. The highest BCUT2D eigenvalue weighted by Crippen LogP contribution is 2.33. The third-order valence-corrected chi connectivity index (χ3v) is 4.73. The number of nitriles is 1. The molecule has 0 spiro atoms. The number of hydrogen-bond donors (Lipinski definition) is 1. The Hall–Kier alpha value is -2.54. The molecule has 9 heteroatoms. The van der Waals surface area contributed by atoms with E-state index < -0.39 is 5.56 Å². The van der Waals surface area contributed by atoms with Gasteiger partial charge in [-0.2, -0.15) is 5.26 Å². The lowest BCUT2D eigenvalue weighted by molar-refractivity contribution is -0.183. The first-order valence-electron chi connectivity index (χ1n) is 8.79. The van der Waals surface area contributed by atoms with Gasteiger partial charge in [-0.1, -0.05) is 11.8 Å². The van der Waals surface area contributed by atoms with Crippen molar-refractivity contribution in [1.82, 2.24) is 9.97 Å². The van der Waals surface area contributed by atoms with Gasteiger partial charge in [-0.15, -0.1) is 0 Å². The Morgan fingerprint density at radius 3 is 2.82 bits per heavy atom. The van der Waals surface area contributed by atoms with Crippen LogP contribution in [0.15, 0.2) is 28.2 Å². The van der Waals surface area contributed by atoms with Crippen molar-refractivity contribution < 1.29 is 18.9 Å². The molecule has 1 saturated heterocycles. The van der Waals surface area contributed by atoms with E-state index in [1.807, 2.05) is 6.07 Å². The molecule has 1 fully saturated rings. The molecule has 0 atom stereocenters. The van der Waals surface area contributed by atoms with E-state index in [1.165, 1.54) is 11.8 Å². The van der Waals surface area contributed by atoms with Crippen LogP contribution in [0.5, 0.6) is 11.5 Å². The summed E-state index contributed by atoms with van der Waals surface area (Å²) in [5.41, 5.74) is 0.389. The van der Waals surface area contributed by atoms with Crippen LogP contribution in [0.3, 0.4) is 0 Å². The zero-order valence-corrected chi connectivity index (χ0v) is 16.5. The number of ether oxygens (including phenoxy) is 4. The predicted octanol–water partition coefficient (Wildman–Crippen LogP) is 2.57. The maximum absolute atomic E-state index is 12.2. The standard InChI is InChI=1S/C19H21N3O5S/c1-24-14-5-4-12(17-13(11-20)18(23)22-19(21-17)28-2)10-15(14)25-9-6-16-26-7-3-8-27-16/h4-5,10,16H,3,6-9H2,1-2H3,(H,21,22,23). The maximum Gasteiger partial charge on any atom is 0.270 e. The molecule has 0 amide bonds. The molecule has 1 aromatic heterocycles. The Labute approximate surface area is 166 Å². The summed E-state index contributed by atoms with van der Waals surface area (Å²) < 4.78 is 22.3. The summed E-state index contributed by atoms with van der Waals surface area (Å²) in [6.45, 7) is 1.74. The van der Waals surface area contributed by atoms with Crippen LogP contribution in [0, 0.1) is 11.3 Å². The molecule has 1 N–H and O–H groups in total. The number of nitrogens with one attached hydrogen (secondary N) is 1. The van der Waals surface area contributed by atoms with Gasteiger partial charge >= 0.3 is 0 Å². The zero-order valence-electron chi connectivity index (χ0n) is 15.7. The fourth-order valence-electron chi connectivity index (χ4n) is 2.77. The van der Waals surface area contributed by atoms with Crippen LogP contribution in [-0.4, -0.2) is 49.4 Å². The third-order valence-electron chi connectivity index (χ3n) is 4.15. The molecule has 3 rings (SSSR count). The lowest BCUT2D eigenvalue weighted by Gasteiger charge is -2.23. The van der Waals surface area contributed by atoms with Gasteiger partial charge in [0.15, 0.2) is 22.9 Å². The van der Waals surface area contributed by atoms with Crippen LogP contribution in [0.4, 0.5) is 0 Å². The smallest absolute Gasteiger partial charge is 0.270 e. The third kappa shape index (κ3) is 4.65. The quantitative estimate of drug-likeness (QED) is 0.555. The van der Waals surface area contributed by atoms with Crippen molar-refractivity contribution in [3.63, 3.8) is 0 Å². The fraction of sp³-hybridized carbons (Fsp3) is 0.421. The number of aromatic nitrogens is 2. The number of methoxy groups -OCH3 is 1. The van der Waals surface area contributed by atoms with Gasteiger partial charge < -0.3 is 23.9 Å². The summed E-state index contributed by atoms with van der Waals surface area (Å²) in [7, 11) is 1.55. The average Bonchev–Trinajstić information content (AvgIpc) is 2.73. The highest BCUT2D eigenvalue weighted by atomic mass is 32.2. The van der Waals surface area contributed by atoms with Crippen LogP contribution < -0.4 is 15.0 Å². The summed E-state index contributed by atoms with van der Waals surface area (Å²) in [6.07, 6.45) is 3.00. The van der Waals surface area contributed by atoms with E-state index >= 15 is 0 Å². The highest BCUT2D eigenvalue weighted by molar-refractivity contribution is 7.98. The van der Waals surface area contributed by atoms with Gasteiger partial charge in [0, 0.05) is 12.0 Å². The molecular weight excluding hydrogens is 382 g/mol. The van der Waals surface area contributed by atoms with Crippen LogP contribution in [0.1, 0.15) is 18.4 Å². The molecular formula is C19H21N3O5S. The van der Waals surface area contributed by atoms with Gasteiger partial charge in [0.25, 0.3) is 5.56 Å². The Kier molecular flexibility index (Phi) is 6.92. The number of hydrogen-bond acceptors (Lipinski definition) is 8. The Morgan fingerprint density at radius 1 is 1.36 bits per heavy atom. The summed E-state index contributed by atoms with van der Waals surface area (Å²) in [6, 6.07) is 7.11. The van der Waals surface area contributed by atoms with Crippen LogP contribution in [0.25, 0.3) is 11.3 Å².